The number of fused-ring (bicyclic) bond motifs is 2. The number of nitrogens with one attached hydrogen (secondary N) is 4. The SMILES string of the molecule is CN1NCC2CCCC(NS(=O)(=O)C3CNN(C4CNC5COCCN54)C3)C21. The fourth-order valence-corrected chi connectivity index (χ4v) is 7.20. The van der Waals surface area contributed by atoms with Crippen LogP contribution >= 0.6 is 0 Å². The van der Waals surface area contributed by atoms with Crippen molar-refractivity contribution >= 4 is 10.0 Å². The van der Waals surface area contributed by atoms with Gasteiger partial charge in [0.15, 0.2) is 0 Å². The Morgan fingerprint density at radius 1 is 1.14 bits per heavy atom. The summed E-state index contributed by atoms with van der Waals surface area (Å²) in [5.74, 6) is 0.535. The molecule has 1 saturated carbocycles. The highest BCUT2D eigenvalue weighted by atomic mass is 32.2. The van der Waals surface area contributed by atoms with Crippen LogP contribution in [0.3, 0.4) is 0 Å². The number of hydrogen-bond donors (Lipinski definition) is 4. The van der Waals surface area contributed by atoms with E-state index in [0.29, 0.717) is 25.6 Å². The molecule has 0 amide bonds. The van der Waals surface area contributed by atoms with Crippen molar-refractivity contribution in [1.82, 2.24) is 35.8 Å². The van der Waals surface area contributed by atoms with E-state index >= 15 is 0 Å². The van der Waals surface area contributed by atoms with Gasteiger partial charge in [0.2, 0.25) is 10.0 Å². The Morgan fingerprint density at radius 2 is 2.04 bits per heavy atom. The van der Waals surface area contributed by atoms with Gasteiger partial charge >= 0.3 is 0 Å². The van der Waals surface area contributed by atoms with Gasteiger partial charge in [-0.3, -0.25) is 21.1 Å². The number of nitrogens with zero attached hydrogens (tertiary/aromatic N) is 3. The first kappa shape index (κ1) is 19.6. The van der Waals surface area contributed by atoms with Gasteiger partial charge in [-0.1, -0.05) is 6.42 Å². The molecule has 0 aromatic rings. The lowest BCUT2D eigenvalue weighted by Crippen LogP contribution is -2.56. The summed E-state index contributed by atoms with van der Waals surface area (Å²) in [5.41, 5.74) is 6.72. The highest BCUT2D eigenvalue weighted by molar-refractivity contribution is 7.90. The van der Waals surface area contributed by atoms with Gasteiger partial charge in [0.05, 0.1) is 25.5 Å². The van der Waals surface area contributed by atoms with Gasteiger partial charge in [0.1, 0.15) is 5.25 Å². The van der Waals surface area contributed by atoms with Crippen LogP contribution in [0.1, 0.15) is 19.3 Å². The summed E-state index contributed by atoms with van der Waals surface area (Å²) < 4.78 is 35.0. The lowest BCUT2D eigenvalue weighted by atomic mass is 9.82. The smallest absolute Gasteiger partial charge is 0.217 e. The predicted molar refractivity (Wildman–Crippen MR) is 104 cm³/mol. The van der Waals surface area contributed by atoms with Gasteiger partial charge in [0.25, 0.3) is 0 Å². The lowest BCUT2D eigenvalue weighted by molar-refractivity contribution is -0.0450. The summed E-state index contributed by atoms with van der Waals surface area (Å²) in [7, 11) is -1.36. The first-order valence-corrected chi connectivity index (χ1v) is 12.1. The standard InChI is InChI=1S/C17H33N7O3S/c1-22-17-12(7-19-22)3-2-4-14(17)21-28(25,26)13-8-20-24(10-13)16-9-18-15-11-27-6-5-23(15)16/h12-21H,2-11H2,1H3. The molecule has 4 heterocycles. The second-order valence-electron chi connectivity index (χ2n) is 8.78. The largest absolute Gasteiger partial charge is 0.377 e. The zero-order valence-corrected chi connectivity index (χ0v) is 17.3. The van der Waals surface area contributed by atoms with Crippen LogP contribution in [0.5, 0.6) is 0 Å². The molecule has 4 saturated heterocycles. The van der Waals surface area contributed by atoms with Crippen LogP contribution < -0.4 is 20.9 Å². The minimum absolute atomic E-state index is 0.00503. The Labute approximate surface area is 167 Å². The molecule has 160 valence electrons. The molecule has 10 nitrogen and oxygen atoms in total. The zero-order valence-electron chi connectivity index (χ0n) is 16.5. The zero-order chi connectivity index (χ0) is 19.3. The summed E-state index contributed by atoms with van der Waals surface area (Å²) >= 11 is 0. The minimum atomic E-state index is -3.39. The van der Waals surface area contributed by atoms with Crippen molar-refractivity contribution in [1.29, 1.82) is 0 Å². The number of rotatable bonds is 4. The molecule has 6 atom stereocenters. The van der Waals surface area contributed by atoms with Gasteiger partial charge < -0.3 is 4.74 Å². The van der Waals surface area contributed by atoms with Gasteiger partial charge in [-0.15, -0.1) is 0 Å². The molecule has 5 rings (SSSR count). The molecule has 1 aliphatic carbocycles. The molecule has 4 N–H and O–H groups in total. The topological polar surface area (TPSA) is 101 Å². The highest BCUT2D eigenvalue weighted by Gasteiger charge is 2.46. The maximum Gasteiger partial charge on any atom is 0.217 e. The maximum atomic E-state index is 13.2. The van der Waals surface area contributed by atoms with Crippen LogP contribution in [0.25, 0.3) is 0 Å². The number of likely N-dealkylation sites (N-methyl/N-ethyl adjacent to an activating group) is 1. The molecule has 5 fully saturated rings. The maximum absolute atomic E-state index is 13.2. The van der Waals surface area contributed by atoms with E-state index in [1.54, 1.807) is 0 Å². The van der Waals surface area contributed by atoms with E-state index in [-0.39, 0.29) is 24.4 Å². The lowest BCUT2D eigenvalue weighted by Gasteiger charge is -2.37. The quantitative estimate of drug-likeness (QED) is 0.403. The Bertz CT molecular complexity index is 678. The Balaban J connectivity index is 1.22. The van der Waals surface area contributed by atoms with E-state index in [1.807, 2.05) is 7.05 Å². The third-order valence-electron chi connectivity index (χ3n) is 7.16. The average molecular weight is 416 g/mol. The van der Waals surface area contributed by atoms with Gasteiger partial charge in [-0.05, 0) is 18.8 Å². The Morgan fingerprint density at radius 3 is 2.93 bits per heavy atom. The summed E-state index contributed by atoms with van der Waals surface area (Å²) in [6.45, 7) is 5.06. The molecule has 0 bridgehead atoms. The van der Waals surface area contributed by atoms with E-state index in [2.05, 4.69) is 35.8 Å². The first-order valence-electron chi connectivity index (χ1n) is 10.6. The summed E-state index contributed by atoms with van der Waals surface area (Å²) in [6, 6.07) is 0.247. The molecule has 28 heavy (non-hydrogen) atoms. The normalized spacial score (nSPS) is 43.3. The van der Waals surface area contributed by atoms with Gasteiger partial charge in [-0.25, -0.2) is 23.2 Å². The number of ether oxygens (including phenoxy) is 1. The number of hydrogen-bond acceptors (Lipinski definition) is 9. The molecule has 0 aromatic heterocycles. The van der Waals surface area contributed by atoms with E-state index in [4.69, 9.17) is 4.74 Å². The van der Waals surface area contributed by atoms with Crippen molar-refractivity contribution < 1.29 is 13.2 Å². The monoisotopic (exact) mass is 415 g/mol. The molecule has 4 aliphatic heterocycles. The third-order valence-corrected chi connectivity index (χ3v) is 8.99. The molecule has 0 radical (unpaired) electrons. The van der Waals surface area contributed by atoms with Crippen molar-refractivity contribution in [3.8, 4) is 0 Å². The van der Waals surface area contributed by atoms with Gasteiger partial charge in [-0.2, -0.15) is 0 Å². The Kier molecular flexibility index (Phi) is 5.39. The summed E-state index contributed by atoms with van der Waals surface area (Å²) in [4.78, 5) is 2.38. The van der Waals surface area contributed by atoms with E-state index in [9.17, 15) is 8.42 Å². The van der Waals surface area contributed by atoms with Crippen LogP contribution in [0.15, 0.2) is 0 Å². The summed E-state index contributed by atoms with van der Waals surface area (Å²) in [6.07, 6.45) is 3.59. The number of hydrazine groups is 2. The fraction of sp³-hybridized carbons (Fsp3) is 1.00. The number of morpholine rings is 1. The van der Waals surface area contributed by atoms with Gasteiger partial charge in [0, 0.05) is 51.9 Å². The predicted octanol–water partition coefficient (Wildman–Crippen LogP) is -2.33. The molecule has 0 spiro atoms. The molecular formula is C17H33N7O3S. The molecule has 6 unspecified atom stereocenters. The third kappa shape index (κ3) is 3.50. The average Bonchev–Trinajstić information content (AvgIpc) is 3.40. The van der Waals surface area contributed by atoms with Crippen molar-refractivity contribution in [2.24, 2.45) is 5.92 Å². The second kappa shape index (κ2) is 7.71. The van der Waals surface area contributed by atoms with Crippen LogP contribution in [0.2, 0.25) is 0 Å². The molecule has 0 aromatic carbocycles. The van der Waals surface area contributed by atoms with Crippen LogP contribution in [0, 0.1) is 5.92 Å². The van der Waals surface area contributed by atoms with Crippen molar-refractivity contribution in [3.63, 3.8) is 0 Å². The van der Waals surface area contributed by atoms with E-state index in [1.165, 1.54) is 6.42 Å². The second-order valence-corrected chi connectivity index (χ2v) is 10.8. The highest BCUT2D eigenvalue weighted by Crippen LogP contribution is 2.31. The van der Waals surface area contributed by atoms with Crippen molar-refractivity contribution in [2.45, 2.75) is 48.9 Å². The van der Waals surface area contributed by atoms with Crippen LogP contribution in [0.4, 0.5) is 0 Å². The van der Waals surface area contributed by atoms with E-state index < -0.39 is 15.3 Å². The fourth-order valence-electron chi connectivity index (χ4n) is 5.68. The molecule has 11 heteroatoms. The van der Waals surface area contributed by atoms with E-state index in [0.717, 1.165) is 39.1 Å². The van der Waals surface area contributed by atoms with Crippen molar-refractivity contribution in [2.75, 3.05) is 53.0 Å². The summed E-state index contributed by atoms with van der Waals surface area (Å²) in [5, 5.41) is 7.27. The number of sulfonamides is 1. The molecule has 5 aliphatic rings. The Hall–Kier alpha value is -0.370. The minimum Gasteiger partial charge on any atom is -0.377 e. The van der Waals surface area contributed by atoms with Crippen LogP contribution in [-0.4, -0.2) is 106 Å². The first-order chi connectivity index (χ1) is 13.5. The van der Waals surface area contributed by atoms with Crippen LogP contribution in [-0.2, 0) is 14.8 Å². The van der Waals surface area contributed by atoms with Crippen molar-refractivity contribution in [3.05, 3.63) is 0 Å². The molecular weight excluding hydrogens is 382 g/mol.